The third-order valence-corrected chi connectivity index (χ3v) is 3.04. The lowest BCUT2D eigenvalue weighted by Crippen LogP contribution is -2.02. The highest BCUT2D eigenvalue weighted by atomic mass is 16.5. The van der Waals surface area contributed by atoms with Crippen LogP contribution in [-0.4, -0.2) is 13.1 Å². The second-order valence-electron chi connectivity index (χ2n) is 4.63. The van der Waals surface area contributed by atoms with Crippen molar-refractivity contribution in [2.75, 3.05) is 7.11 Å². The lowest BCUT2D eigenvalue weighted by atomic mass is 10.1. The van der Waals surface area contributed by atoms with Crippen molar-refractivity contribution in [1.82, 2.24) is 0 Å². The molecule has 0 radical (unpaired) electrons. The fourth-order valence-electron chi connectivity index (χ4n) is 1.89. The van der Waals surface area contributed by atoms with Crippen molar-refractivity contribution in [1.29, 1.82) is 0 Å². The van der Waals surface area contributed by atoms with E-state index in [0.717, 1.165) is 11.1 Å². The van der Waals surface area contributed by atoms with E-state index in [-0.39, 0.29) is 5.97 Å². The van der Waals surface area contributed by atoms with Gasteiger partial charge in [0, 0.05) is 0 Å². The summed E-state index contributed by atoms with van der Waals surface area (Å²) in [5.41, 5.74) is 2.61. The normalized spacial score (nSPS) is 12.0. The number of hydrogen-bond acceptors (Lipinski definition) is 2. The highest BCUT2D eigenvalue weighted by molar-refractivity contribution is 5.93. The van der Waals surface area contributed by atoms with Gasteiger partial charge in [-0.05, 0) is 23.3 Å². The van der Waals surface area contributed by atoms with Gasteiger partial charge in [0.15, 0.2) is 0 Å². The number of carbonyl (C=O) groups excluding carboxylic acids is 1. The number of carbonyl (C=O) groups is 1. The van der Waals surface area contributed by atoms with E-state index in [2.05, 4.69) is 0 Å². The molecule has 2 aromatic rings. The third kappa shape index (κ3) is 4.91. The Morgan fingerprint density at radius 3 is 1.95 bits per heavy atom. The van der Waals surface area contributed by atoms with Crippen LogP contribution in [0, 0.1) is 0 Å². The number of ether oxygens (including phenoxy) is 1. The van der Waals surface area contributed by atoms with Crippen molar-refractivity contribution in [3.63, 3.8) is 0 Å². The Hall–Kier alpha value is -2.87. The van der Waals surface area contributed by atoms with E-state index in [4.69, 9.17) is 4.74 Å². The lowest BCUT2D eigenvalue weighted by Gasteiger charge is -1.99. The van der Waals surface area contributed by atoms with Crippen LogP contribution in [0.5, 0.6) is 0 Å². The number of hydrogen-bond donors (Lipinski definition) is 0. The molecule has 2 aromatic carbocycles. The van der Waals surface area contributed by atoms with Crippen molar-refractivity contribution in [3.8, 4) is 0 Å². The van der Waals surface area contributed by atoms with Gasteiger partial charge in [-0.25, -0.2) is 4.79 Å². The summed E-state index contributed by atoms with van der Waals surface area (Å²) in [5.74, 6) is -0.357. The first kappa shape index (κ1) is 15.5. The van der Waals surface area contributed by atoms with Crippen LogP contribution in [0.2, 0.25) is 0 Å². The summed E-state index contributed by atoms with van der Waals surface area (Å²) in [6.07, 6.45) is 9.18. The van der Waals surface area contributed by atoms with Crippen molar-refractivity contribution in [3.05, 3.63) is 95.6 Å². The van der Waals surface area contributed by atoms with Crippen molar-refractivity contribution < 1.29 is 9.53 Å². The first-order valence-electron chi connectivity index (χ1n) is 7.04. The van der Waals surface area contributed by atoms with Gasteiger partial charge in [0.25, 0.3) is 0 Å². The van der Waals surface area contributed by atoms with E-state index in [9.17, 15) is 4.79 Å². The standard InChI is InChI=1S/C20H18O2/c1-22-20(21)19(16-15-18-11-6-3-7-12-18)14-8-13-17-9-4-2-5-10-17/h2-16H,1H3/b13-8+,16-15+,19-14-. The predicted octanol–water partition coefficient (Wildman–Crippen LogP) is 4.51. The molecule has 22 heavy (non-hydrogen) atoms. The molecule has 0 aromatic heterocycles. The highest BCUT2D eigenvalue weighted by Gasteiger charge is 2.04. The first-order valence-corrected chi connectivity index (χ1v) is 7.04. The molecular formula is C20H18O2. The van der Waals surface area contributed by atoms with E-state index in [1.165, 1.54) is 7.11 Å². The van der Waals surface area contributed by atoms with Gasteiger partial charge in [-0.3, -0.25) is 0 Å². The van der Waals surface area contributed by atoms with Gasteiger partial charge in [0.05, 0.1) is 12.7 Å². The summed E-state index contributed by atoms with van der Waals surface area (Å²) in [5, 5.41) is 0. The minimum atomic E-state index is -0.357. The molecule has 0 aliphatic rings. The second kappa shape index (κ2) is 8.42. The zero-order valence-corrected chi connectivity index (χ0v) is 12.5. The molecule has 0 N–H and O–H groups in total. The molecule has 0 aliphatic carbocycles. The lowest BCUT2D eigenvalue weighted by molar-refractivity contribution is -0.135. The van der Waals surface area contributed by atoms with E-state index in [1.807, 2.05) is 78.9 Å². The summed E-state index contributed by atoms with van der Waals surface area (Å²) < 4.78 is 4.81. The Labute approximate surface area is 131 Å². The topological polar surface area (TPSA) is 26.3 Å². The number of benzene rings is 2. The molecule has 2 nitrogen and oxygen atoms in total. The van der Waals surface area contributed by atoms with Crippen LogP contribution < -0.4 is 0 Å². The zero-order chi connectivity index (χ0) is 15.6. The molecule has 0 atom stereocenters. The van der Waals surface area contributed by atoms with Crippen LogP contribution in [0.4, 0.5) is 0 Å². The van der Waals surface area contributed by atoms with Crippen LogP contribution in [0.15, 0.2) is 84.5 Å². The van der Waals surface area contributed by atoms with E-state index < -0.39 is 0 Å². The van der Waals surface area contributed by atoms with Crippen LogP contribution in [0.3, 0.4) is 0 Å². The molecule has 0 fully saturated rings. The molecule has 0 saturated heterocycles. The summed E-state index contributed by atoms with van der Waals surface area (Å²) >= 11 is 0. The van der Waals surface area contributed by atoms with Crippen LogP contribution in [0.25, 0.3) is 12.2 Å². The number of rotatable bonds is 5. The maximum atomic E-state index is 11.8. The average molecular weight is 290 g/mol. The Morgan fingerprint density at radius 1 is 0.864 bits per heavy atom. The first-order chi connectivity index (χ1) is 10.8. The highest BCUT2D eigenvalue weighted by Crippen LogP contribution is 2.08. The van der Waals surface area contributed by atoms with Gasteiger partial charge in [-0.2, -0.15) is 0 Å². The molecule has 0 saturated carbocycles. The third-order valence-electron chi connectivity index (χ3n) is 3.04. The van der Waals surface area contributed by atoms with E-state index in [0.29, 0.717) is 5.57 Å². The molecule has 2 heteroatoms. The van der Waals surface area contributed by atoms with Gasteiger partial charge in [-0.15, -0.1) is 0 Å². The minimum Gasteiger partial charge on any atom is -0.465 e. The Morgan fingerprint density at radius 2 is 1.41 bits per heavy atom. The smallest absolute Gasteiger partial charge is 0.337 e. The Bertz CT molecular complexity index is 680. The number of methoxy groups -OCH3 is 1. The fraction of sp³-hybridized carbons (Fsp3) is 0.0500. The number of esters is 1. The van der Waals surface area contributed by atoms with Gasteiger partial charge >= 0.3 is 5.97 Å². The molecule has 0 bridgehead atoms. The Kier molecular flexibility index (Phi) is 5.94. The van der Waals surface area contributed by atoms with Gasteiger partial charge in [0.2, 0.25) is 0 Å². The monoisotopic (exact) mass is 290 g/mol. The molecule has 0 amide bonds. The van der Waals surface area contributed by atoms with Gasteiger partial charge in [0.1, 0.15) is 0 Å². The van der Waals surface area contributed by atoms with Gasteiger partial charge in [-0.1, -0.05) is 78.9 Å². The SMILES string of the molecule is COC(=O)C(=C\C=C\c1ccccc1)/C=C/c1ccccc1. The molecule has 2 rings (SSSR count). The maximum absolute atomic E-state index is 11.8. The average Bonchev–Trinajstić information content (AvgIpc) is 2.59. The quantitative estimate of drug-likeness (QED) is 0.460. The molecule has 0 aliphatic heterocycles. The number of allylic oxidation sites excluding steroid dienone is 2. The molecular weight excluding hydrogens is 272 g/mol. The van der Waals surface area contributed by atoms with Crippen LogP contribution in [0.1, 0.15) is 11.1 Å². The molecule has 0 heterocycles. The fourth-order valence-corrected chi connectivity index (χ4v) is 1.89. The Balaban J connectivity index is 2.16. The molecule has 0 unspecified atom stereocenters. The summed E-state index contributed by atoms with van der Waals surface area (Å²) in [7, 11) is 1.38. The molecule has 0 spiro atoms. The zero-order valence-electron chi connectivity index (χ0n) is 12.5. The summed E-state index contributed by atoms with van der Waals surface area (Å²) in [6, 6.07) is 19.7. The van der Waals surface area contributed by atoms with Crippen molar-refractivity contribution in [2.45, 2.75) is 0 Å². The largest absolute Gasteiger partial charge is 0.465 e. The molecule has 110 valence electrons. The van der Waals surface area contributed by atoms with Gasteiger partial charge < -0.3 is 4.74 Å². The summed E-state index contributed by atoms with van der Waals surface area (Å²) in [6.45, 7) is 0. The van der Waals surface area contributed by atoms with E-state index >= 15 is 0 Å². The van der Waals surface area contributed by atoms with Crippen molar-refractivity contribution >= 4 is 18.1 Å². The predicted molar refractivity (Wildman–Crippen MR) is 91.1 cm³/mol. The minimum absolute atomic E-state index is 0.357. The maximum Gasteiger partial charge on any atom is 0.337 e. The van der Waals surface area contributed by atoms with Crippen LogP contribution in [-0.2, 0) is 9.53 Å². The van der Waals surface area contributed by atoms with E-state index in [1.54, 1.807) is 12.2 Å². The second-order valence-corrected chi connectivity index (χ2v) is 4.63. The summed E-state index contributed by atoms with van der Waals surface area (Å²) in [4.78, 5) is 11.8. The van der Waals surface area contributed by atoms with Crippen LogP contribution >= 0.6 is 0 Å². The van der Waals surface area contributed by atoms with Crippen molar-refractivity contribution in [2.24, 2.45) is 0 Å².